The van der Waals surface area contributed by atoms with Gasteiger partial charge in [0.2, 0.25) is 6.43 Å². The van der Waals surface area contributed by atoms with E-state index in [1.165, 1.54) is 0 Å². The largest absolute Gasteiger partial charge is 0.241 e. The lowest BCUT2D eigenvalue weighted by Gasteiger charge is -2.27. The van der Waals surface area contributed by atoms with Crippen LogP contribution < -0.4 is 0 Å². The van der Waals surface area contributed by atoms with Crippen molar-refractivity contribution in [3.05, 3.63) is 0 Å². The molecule has 0 aromatic rings. The van der Waals surface area contributed by atoms with Crippen LogP contribution in [0, 0.1) is 11.8 Å². The molecule has 0 aromatic carbocycles. The van der Waals surface area contributed by atoms with Crippen LogP contribution >= 0.6 is 0 Å². The van der Waals surface area contributed by atoms with Gasteiger partial charge >= 0.3 is 0 Å². The normalized spacial score (nSPS) is 34.8. The van der Waals surface area contributed by atoms with Gasteiger partial charge in [-0.05, 0) is 12.3 Å². The van der Waals surface area contributed by atoms with Crippen LogP contribution in [0.5, 0.6) is 0 Å². The van der Waals surface area contributed by atoms with Crippen LogP contribution in [0.1, 0.15) is 32.6 Å². The number of rotatable bonds is 1. The van der Waals surface area contributed by atoms with E-state index in [0.717, 1.165) is 25.7 Å². The molecule has 2 unspecified atom stereocenters. The molecule has 0 bridgehead atoms. The number of halogens is 2. The summed E-state index contributed by atoms with van der Waals surface area (Å²) in [6.45, 7) is 1.94. The molecule has 0 spiro atoms. The van der Waals surface area contributed by atoms with Gasteiger partial charge in [0.1, 0.15) is 0 Å². The fourth-order valence-electron chi connectivity index (χ4n) is 1.72. The monoisotopic (exact) mass is 148 g/mol. The lowest BCUT2D eigenvalue weighted by molar-refractivity contribution is 0.0270. The molecule has 1 aliphatic rings. The molecule has 2 heteroatoms. The van der Waals surface area contributed by atoms with E-state index in [1.54, 1.807) is 0 Å². The first-order chi connectivity index (χ1) is 4.72. The second-order valence-corrected chi connectivity index (χ2v) is 3.26. The summed E-state index contributed by atoms with van der Waals surface area (Å²) in [5.41, 5.74) is 0. The Morgan fingerprint density at radius 1 is 1.20 bits per heavy atom. The molecule has 2 atom stereocenters. The van der Waals surface area contributed by atoms with E-state index in [2.05, 4.69) is 0 Å². The van der Waals surface area contributed by atoms with Crippen LogP contribution in [-0.4, -0.2) is 6.43 Å². The molecular weight excluding hydrogens is 134 g/mol. The lowest BCUT2D eigenvalue weighted by Crippen LogP contribution is -2.23. The Hall–Kier alpha value is -0.140. The van der Waals surface area contributed by atoms with E-state index in [9.17, 15) is 8.78 Å². The Labute approximate surface area is 60.6 Å². The summed E-state index contributed by atoms with van der Waals surface area (Å²) < 4.78 is 24.3. The van der Waals surface area contributed by atoms with Gasteiger partial charge in [-0.3, -0.25) is 0 Å². The highest BCUT2D eigenvalue weighted by atomic mass is 19.3. The second kappa shape index (κ2) is 3.31. The summed E-state index contributed by atoms with van der Waals surface area (Å²) in [7, 11) is 0. The number of alkyl halides is 2. The minimum absolute atomic E-state index is 0.244. The zero-order chi connectivity index (χ0) is 7.56. The number of hydrogen-bond acceptors (Lipinski definition) is 0. The maximum Gasteiger partial charge on any atom is 0.241 e. The molecule has 10 heavy (non-hydrogen) atoms. The van der Waals surface area contributed by atoms with E-state index >= 15 is 0 Å². The van der Waals surface area contributed by atoms with Crippen molar-refractivity contribution in [3.8, 4) is 0 Å². The van der Waals surface area contributed by atoms with Gasteiger partial charge in [-0.15, -0.1) is 0 Å². The highest BCUT2D eigenvalue weighted by Gasteiger charge is 2.28. The minimum Gasteiger partial charge on any atom is -0.210 e. The highest BCUT2D eigenvalue weighted by molar-refractivity contribution is 4.73. The summed E-state index contributed by atoms with van der Waals surface area (Å²) >= 11 is 0. The van der Waals surface area contributed by atoms with Gasteiger partial charge in [0.15, 0.2) is 0 Å². The van der Waals surface area contributed by atoms with Gasteiger partial charge in [-0.25, -0.2) is 8.78 Å². The Morgan fingerprint density at radius 3 is 2.20 bits per heavy atom. The van der Waals surface area contributed by atoms with Crippen molar-refractivity contribution >= 4 is 0 Å². The van der Waals surface area contributed by atoms with Crippen LogP contribution in [0.3, 0.4) is 0 Å². The highest BCUT2D eigenvalue weighted by Crippen LogP contribution is 2.33. The standard InChI is InChI=1S/C8H14F2/c1-6-4-2-3-5-7(6)8(9)10/h6-8H,2-5H2,1H3. The molecule has 0 heterocycles. The van der Waals surface area contributed by atoms with Gasteiger partial charge in [0, 0.05) is 5.92 Å². The predicted molar refractivity (Wildman–Crippen MR) is 37.1 cm³/mol. The lowest BCUT2D eigenvalue weighted by atomic mass is 9.81. The maximum atomic E-state index is 12.2. The smallest absolute Gasteiger partial charge is 0.210 e. The average molecular weight is 148 g/mol. The summed E-state index contributed by atoms with van der Waals surface area (Å²) in [5.74, 6) is -0.0671. The molecule has 0 saturated heterocycles. The van der Waals surface area contributed by atoms with Gasteiger partial charge in [0.25, 0.3) is 0 Å². The third kappa shape index (κ3) is 1.68. The van der Waals surface area contributed by atoms with E-state index in [4.69, 9.17) is 0 Å². The molecule has 0 nitrogen and oxygen atoms in total. The second-order valence-electron chi connectivity index (χ2n) is 3.26. The molecule has 0 aliphatic heterocycles. The summed E-state index contributed by atoms with van der Waals surface area (Å²) in [6, 6.07) is 0. The molecule has 0 aromatic heterocycles. The van der Waals surface area contributed by atoms with Crippen LogP contribution in [0.15, 0.2) is 0 Å². The van der Waals surface area contributed by atoms with Crippen LogP contribution in [-0.2, 0) is 0 Å². The van der Waals surface area contributed by atoms with Crippen molar-refractivity contribution < 1.29 is 8.78 Å². The Balaban J connectivity index is 2.40. The van der Waals surface area contributed by atoms with Crippen molar-refractivity contribution in [1.29, 1.82) is 0 Å². The first-order valence-corrected chi connectivity index (χ1v) is 4.00. The summed E-state index contributed by atoms with van der Waals surface area (Å²) in [6.07, 6.45) is 1.78. The maximum absolute atomic E-state index is 12.2. The summed E-state index contributed by atoms with van der Waals surface area (Å²) in [4.78, 5) is 0. The fourth-order valence-corrected chi connectivity index (χ4v) is 1.72. The molecule has 0 radical (unpaired) electrons. The Morgan fingerprint density at radius 2 is 1.80 bits per heavy atom. The molecule has 1 saturated carbocycles. The Kier molecular flexibility index (Phi) is 2.64. The van der Waals surface area contributed by atoms with E-state index in [-0.39, 0.29) is 11.8 Å². The van der Waals surface area contributed by atoms with Gasteiger partial charge in [-0.2, -0.15) is 0 Å². The van der Waals surface area contributed by atoms with Crippen molar-refractivity contribution in [3.63, 3.8) is 0 Å². The molecule has 0 amide bonds. The molecular formula is C8H14F2. The molecule has 0 N–H and O–H groups in total. The molecule has 60 valence electrons. The van der Waals surface area contributed by atoms with Crippen LogP contribution in [0.25, 0.3) is 0 Å². The first kappa shape index (κ1) is 7.96. The van der Waals surface area contributed by atoms with Crippen molar-refractivity contribution in [1.82, 2.24) is 0 Å². The fraction of sp³-hybridized carbons (Fsp3) is 1.00. The van der Waals surface area contributed by atoms with E-state index in [0.29, 0.717) is 0 Å². The van der Waals surface area contributed by atoms with Gasteiger partial charge in [0.05, 0.1) is 0 Å². The van der Waals surface area contributed by atoms with Crippen LogP contribution in [0.2, 0.25) is 0 Å². The predicted octanol–water partition coefficient (Wildman–Crippen LogP) is 3.08. The molecule has 1 rings (SSSR count). The third-order valence-electron chi connectivity index (χ3n) is 2.50. The molecule has 1 aliphatic carbocycles. The average Bonchev–Trinajstić information content (AvgIpc) is 1.88. The topological polar surface area (TPSA) is 0 Å². The van der Waals surface area contributed by atoms with Crippen molar-refractivity contribution in [2.75, 3.05) is 0 Å². The Bertz CT molecular complexity index is 101. The number of hydrogen-bond donors (Lipinski definition) is 0. The minimum atomic E-state index is -2.09. The van der Waals surface area contributed by atoms with E-state index in [1.807, 2.05) is 6.92 Å². The zero-order valence-corrected chi connectivity index (χ0v) is 6.32. The van der Waals surface area contributed by atoms with Crippen molar-refractivity contribution in [2.24, 2.45) is 11.8 Å². The quantitative estimate of drug-likeness (QED) is 0.536. The SMILES string of the molecule is CC1CCCCC1C(F)F. The summed E-state index contributed by atoms with van der Waals surface area (Å²) in [5, 5.41) is 0. The third-order valence-corrected chi connectivity index (χ3v) is 2.50. The van der Waals surface area contributed by atoms with Crippen LogP contribution in [0.4, 0.5) is 8.78 Å². The van der Waals surface area contributed by atoms with Gasteiger partial charge < -0.3 is 0 Å². The van der Waals surface area contributed by atoms with Gasteiger partial charge in [-0.1, -0.05) is 26.2 Å². The first-order valence-electron chi connectivity index (χ1n) is 4.00. The molecule has 1 fully saturated rings. The zero-order valence-electron chi connectivity index (χ0n) is 6.32. The van der Waals surface area contributed by atoms with Crippen molar-refractivity contribution in [2.45, 2.75) is 39.0 Å². The van der Waals surface area contributed by atoms with E-state index < -0.39 is 6.43 Å².